The van der Waals surface area contributed by atoms with Crippen LogP contribution in [0.2, 0.25) is 0 Å². The molecule has 0 fully saturated rings. The molecule has 3 heteroatoms. The average Bonchev–Trinajstić information content (AvgIpc) is 2.42. The Labute approximate surface area is 138 Å². The first-order chi connectivity index (χ1) is 9.92. The van der Waals surface area contributed by atoms with Crippen LogP contribution in [-0.2, 0) is 11.2 Å². The fourth-order valence-corrected chi connectivity index (χ4v) is 2.83. The largest absolute Gasteiger partial charge is 0.385 e. The lowest BCUT2D eigenvalue weighted by molar-refractivity contribution is 0.189. The summed E-state index contributed by atoms with van der Waals surface area (Å²) in [7, 11) is 1.78. The van der Waals surface area contributed by atoms with E-state index in [-0.39, 0.29) is 5.54 Å². The molecule has 2 nitrogen and oxygen atoms in total. The van der Waals surface area contributed by atoms with E-state index in [0.717, 1.165) is 26.0 Å². The molecule has 1 aromatic rings. The van der Waals surface area contributed by atoms with Gasteiger partial charge in [-0.1, -0.05) is 40.5 Å². The van der Waals surface area contributed by atoms with Gasteiger partial charge in [-0.05, 0) is 64.1 Å². The smallest absolute Gasteiger partial charge is 0.0462 e. The average molecular weight is 356 g/mol. The maximum Gasteiger partial charge on any atom is 0.0462 e. The molecule has 120 valence electrons. The van der Waals surface area contributed by atoms with Gasteiger partial charge in [0.15, 0.2) is 0 Å². The van der Waals surface area contributed by atoms with Gasteiger partial charge in [-0.2, -0.15) is 0 Å². The first-order valence-corrected chi connectivity index (χ1v) is 8.69. The zero-order valence-electron chi connectivity index (χ0n) is 13.9. The molecule has 0 bridgehead atoms. The van der Waals surface area contributed by atoms with Crippen molar-refractivity contribution in [2.24, 2.45) is 5.92 Å². The molecule has 0 aliphatic rings. The van der Waals surface area contributed by atoms with Crippen molar-refractivity contribution in [1.82, 2.24) is 5.32 Å². The maximum atomic E-state index is 5.15. The van der Waals surface area contributed by atoms with Crippen molar-refractivity contribution in [3.63, 3.8) is 0 Å². The number of hydrogen-bond donors (Lipinski definition) is 1. The van der Waals surface area contributed by atoms with Crippen LogP contribution in [0.3, 0.4) is 0 Å². The molecule has 0 heterocycles. The molecule has 0 radical (unpaired) electrons. The van der Waals surface area contributed by atoms with Crippen molar-refractivity contribution in [3.05, 3.63) is 34.3 Å². The highest BCUT2D eigenvalue weighted by Gasteiger charge is 2.15. The molecule has 0 aromatic heterocycles. The monoisotopic (exact) mass is 355 g/mol. The number of benzene rings is 1. The Morgan fingerprint density at radius 2 is 1.90 bits per heavy atom. The Balaban J connectivity index is 2.56. The van der Waals surface area contributed by atoms with E-state index in [9.17, 15) is 0 Å². The van der Waals surface area contributed by atoms with Gasteiger partial charge in [0, 0.05) is 23.7 Å². The molecule has 1 unspecified atom stereocenters. The summed E-state index contributed by atoms with van der Waals surface area (Å²) in [6, 6.07) is 8.56. The van der Waals surface area contributed by atoms with Gasteiger partial charge >= 0.3 is 0 Å². The Hall–Kier alpha value is -0.380. The molecule has 0 saturated carbocycles. The van der Waals surface area contributed by atoms with Crippen LogP contribution >= 0.6 is 15.9 Å². The molecule has 1 rings (SSSR count). The van der Waals surface area contributed by atoms with Crippen molar-refractivity contribution in [3.8, 4) is 0 Å². The number of hydrogen-bond acceptors (Lipinski definition) is 2. The molecule has 1 N–H and O–H groups in total. The van der Waals surface area contributed by atoms with Crippen molar-refractivity contribution >= 4 is 15.9 Å². The molecule has 0 aliphatic heterocycles. The van der Waals surface area contributed by atoms with E-state index in [1.165, 1.54) is 22.9 Å². The molecule has 1 atom stereocenters. The van der Waals surface area contributed by atoms with Crippen LogP contribution in [0.5, 0.6) is 0 Å². The predicted octanol–water partition coefficient (Wildman–Crippen LogP) is 4.81. The van der Waals surface area contributed by atoms with Crippen LogP contribution in [0, 0.1) is 5.92 Å². The number of halogens is 1. The highest BCUT2D eigenvalue weighted by atomic mass is 79.9. The van der Waals surface area contributed by atoms with Crippen molar-refractivity contribution < 1.29 is 4.74 Å². The van der Waals surface area contributed by atoms with Gasteiger partial charge in [0.1, 0.15) is 0 Å². The molecule has 0 spiro atoms. The maximum absolute atomic E-state index is 5.15. The number of rotatable bonds is 9. The van der Waals surface area contributed by atoms with Gasteiger partial charge in [0.05, 0.1) is 0 Å². The van der Waals surface area contributed by atoms with E-state index in [4.69, 9.17) is 4.74 Å². The predicted molar refractivity (Wildman–Crippen MR) is 94.8 cm³/mol. The zero-order chi connectivity index (χ0) is 15.7. The Kier molecular flexibility index (Phi) is 8.53. The van der Waals surface area contributed by atoms with Crippen LogP contribution in [0.25, 0.3) is 0 Å². The summed E-state index contributed by atoms with van der Waals surface area (Å²) in [4.78, 5) is 0. The van der Waals surface area contributed by atoms with Gasteiger partial charge in [-0.3, -0.25) is 0 Å². The Bertz CT molecular complexity index is 400. The lowest BCUT2D eigenvalue weighted by Crippen LogP contribution is -2.39. The third kappa shape index (κ3) is 8.60. The third-order valence-electron chi connectivity index (χ3n) is 3.60. The van der Waals surface area contributed by atoms with E-state index in [1.807, 2.05) is 0 Å². The lowest BCUT2D eigenvalue weighted by Gasteiger charge is -2.26. The standard InChI is InChI=1S/C18H30BrNO/c1-18(2,3)20-14-15(9-7-8-12-21-4)13-16-10-5-6-11-17(16)19/h5-6,10-11,15,20H,7-9,12-14H2,1-4H3. The summed E-state index contributed by atoms with van der Waals surface area (Å²) in [5.74, 6) is 0.666. The molecule has 0 saturated heterocycles. The van der Waals surface area contributed by atoms with Crippen LogP contribution in [0.1, 0.15) is 45.6 Å². The highest BCUT2D eigenvalue weighted by Crippen LogP contribution is 2.22. The third-order valence-corrected chi connectivity index (χ3v) is 4.37. The molecule has 0 amide bonds. The highest BCUT2D eigenvalue weighted by molar-refractivity contribution is 9.10. The van der Waals surface area contributed by atoms with Crippen LogP contribution in [-0.4, -0.2) is 25.8 Å². The lowest BCUT2D eigenvalue weighted by atomic mass is 9.93. The summed E-state index contributed by atoms with van der Waals surface area (Å²) in [5.41, 5.74) is 1.59. The van der Waals surface area contributed by atoms with Gasteiger partial charge in [0.2, 0.25) is 0 Å². The second kappa shape index (κ2) is 9.60. The Morgan fingerprint density at radius 3 is 2.52 bits per heavy atom. The Morgan fingerprint density at radius 1 is 1.19 bits per heavy atom. The topological polar surface area (TPSA) is 21.3 Å². The summed E-state index contributed by atoms with van der Waals surface area (Å²) in [6.07, 6.45) is 4.75. The van der Waals surface area contributed by atoms with Crippen molar-refractivity contribution in [1.29, 1.82) is 0 Å². The number of methoxy groups -OCH3 is 1. The molecule has 0 aliphatic carbocycles. The summed E-state index contributed by atoms with van der Waals surface area (Å²) >= 11 is 3.67. The summed E-state index contributed by atoms with van der Waals surface area (Å²) < 4.78 is 6.38. The number of ether oxygens (including phenoxy) is 1. The van der Waals surface area contributed by atoms with Gasteiger partial charge in [0.25, 0.3) is 0 Å². The van der Waals surface area contributed by atoms with E-state index < -0.39 is 0 Å². The summed E-state index contributed by atoms with van der Waals surface area (Å²) in [5, 5.41) is 3.66. The van der Waals surface area contributed by atoms with E-state index >= 15 is 0 Å². The van der Waals surface area contributed by atoms with Crippen molar-refractivity contribution in [2.45, 2.75) is 52.0 Å². The van der Waals surface area contributed by atoms with E-state index in [2.05, 4.69) is 66.3 Å². The molecular weight excluding hydrogens is 326 g/mol. The van der Waals surface area contributed by atoms with Crippen LogP contribution < -0.4 is 5.32 Å². The summed E-state index contributed by atoms with van der Waals surface area (Å²) in [6.45, 7) is 8.63. The van der Waals surface area contributed by atoms with E-state index in [1.54, 1.807) is 7.11 Å². The second-order valence-electron chi connectivity index (χ2n) is 6.78. The quantitative estimate of drug-likeness (QED) is 0.641. The fraction of sp³-hybridized carbons (Fsp3) is 0.667. The van der Waals surface area contributed by atoms with Gasteiger partial charge in [-0.15, -0.1) is 0 Å². The molecule has 21 heavy (non-hydrogen) atoms. The van der Waals surface area contributed by atoms with Crippen LogP contribution in [0.4, 0.5) is 0 Å². The van der Waals surface area contributed by atoms with Crippen LogP contribution in [0.15, 0.2) is 28.7 Å². The fourth-order valence-electron chi connectivity index (χ4n) is 2.38. The SMILES string of the molecule is COCCCCC(CNC(C)(C)C)Cc1ccccc1Br. The number of nitrogens with one attached hydrogen (secondary N) is 1. The number of unbranched alkanes of at least 4 members (excludes halogenated alkanes) is 1. The van der Waals surface area contributed by atoms with Gasteiger partial charge < -0.3 is 10.1 Å². The first-order valence-electron chi connectivity index (χ1n) is 7.90. The van der Waals surface area contributed by atoms with Crippen molar-refractivity contribution in [2.75, 3.05) is 20.3 Å². The minimum absolute atomic E-state index is 0.179. The normalized spacial score (nSPS) is 13.4. The first kappa shape index (κ1) is 18.7. The van der Waals surface area contributed by atoms with E-state index in [0.29, 0.717) is 5.92 Å². The second-order valence-corrected chi connectivity index (χ2v) is 7.64. The zero-order valence-corrected chi connectivity index (χ0v) is 15.5. The molecular formula is C18H30BrNO. The minimum Gasteiger partial charge on any atom is -0.385 e. The van der Waals surface area contributed by atoms with Gasteiger partial charge in [-0.25, -0.2) is 0 Å². The molecule has 1 aromatic carbocycles. The minimum atomic E-state index is 0.179.